The second-order valence-electron chi connectivity index (χ2n) is 4.62. The van der Waals surface area contributed by atoms with Crippen molar-refractivity contribution in [3.8, 4) is 0 Å². The first-order valence-electron chi connectivity index (χ1n) is 6.19. The molecule has 0 aliphatic heterocycles. The van der Waals surface area contributed by atoms with Crippen LogP contribution in [0.2, 0.25) is 0 Å². The van der Waals surface area contributed by atoms with Gasteiger partial charge in [0, 0.05) is 10.0 Å². The van der Waals surface area contributed by atoms with E-state index in [-0.39, 0.29) is 11.9 Å². The number of carbonyl (C=O) groups is 1. The van der Waals surface area contributed by atoms with E-state index in [2.05, 4.69) is 21.2 Å². The van der Waals surface area contributed by atoms with Crippen LogP contribution in [0.3, 0.4) is 0 Å². The Morgan fingerprint density at radius 1 is 1.16 bits per heavy atom. The van der Waals surface area contributed by atoms with Crippen LogP contribution < -0.4 is 5.32 Å². The molecule has 98 valence electrons. The normalized spacial score (nSPS) is 11.9. The van der Waals surface area contributed by atoms with Gasteiger partial charge in [0.1, 0.15) is 0 Å². The van der Waals surface area contributed by atoms with E-state index in [1.54, 1.807) is 0 Å². The third-order valence-electron chi connectivity index (χ3n) is 3.01. The number of benzene rings is 2. The maximum absolute atomic E-state index is 12.1. The highest BCUT2D eigenvalue weighted by atomic mass is 79.9. The van der Waals surface area contributed by atoms with E-state index in [9.17, 15) is 4.79 Å². The fourth-order valence-corrected chi connectivity index (χ4v) is 2.26. The molecule has 2 rings (SSSR count). The number of carbonyl (C=O) groups excluding carboxylic acids is 1. The molecule has 2 aromatic carbocycles. The molecule has 19 heavy (non-hydrogen) atoms. The number of halogens is 1. The van der Waals surface area contributed by atoms with Crippen LogP contribution >= 0.6 is 15.9 Å². The minimum atomic E-state index is -0.0486. The summed E-state index contributed by atoms with van der Waals surface area (Å²) in [7, 11) is 0. The number of amides is 1. The van der Waals surface area contributed by atoms with Gasteiger partial charge in [-0.15, -0.1) is 0 Å². The summed E-state index contributed by atoms with van der Waals surface area (Å²) in [6, 6.07) is 15.5. The van der Waals surface area contributed by atoms with E-state index >= 15 is 0 Å². The molecule has 0 aliphatic carbocycles. The first kappa shape index (κ1) is 13.8. The highest BCUT2D eigenvalue weighted by Crippen LogP contribution is 2.18. The van der Waals surface area contributed by atoms with E-state index in [1.165, 1.54) is 0 Å². The van der Waals surface area contributed by atoms with Crippen LogP contribution in [0.15, 0.2) is 53.0 Å². The summed E-state index contributed by atoms with van der Waals surface area (Å²) in [5.41, 5.74) is 2.92. The Kier molecular flexibility index (Phi) is 4.38. The molecule has 0 aliphatic rings. The summed E-state index contributed by atoms with van der Waals surface area (Å²) in [6.45, 7) is 3.99. The molecular weight excluding hydrogens is 302 g/mol. The molecule has 2 aromatic rings. The van der Waals surface area contributed by atoms with Crippen LogP contribution in [-0.2, 0) is 0 Å². The zero-order valence-electron chi connectivity index (χ0n) is 11.0. The van der Waals surface area contributed by atoms with Crippen molar-refractivity contribution < 1.29 is 4.79 Å². The highest BCUT2D eigenvalue weighted by Gasteiger charge is 2.11. The molecule has 1 amide bonds. The molecule has 0 heterocycles. The number of nitrogens with one attached hydrogen (secondary N) is 1. The summed E-state index contributed by atoms with van der Waals surface area (Å²) < 4.78 is 1.02. The van der Waals surface area contributed by atoms with E-state index < -0.39 is 0 Å². The van der Waals surface area contributed by atoms with E-state index in [0.717, 1.165) is 15.6 Å². The van der Waals surface area contributed by atoms with Gasteiger partial charge in [-0.2, -0.15) is 0 Å². The SMILES string of the molecule is Cc1ccc(C(=O)NC(C)c2cccc(Br)c2)cc1. The van der Waals surface area contributed by atoms with Gasteiger partial charge in [0.25, 0.3) is 5.91 Å². The van der Waals surface area contributed by atoms with Crippen molar-refractivity contribution in [2.75, 3.05) is 0 Å². The van der Waals surface area contributed by atoms with E-state index in [1.807, 2.05) is 62.4 Å². The maximum Gasteiger partial charge on any atom is 0.251 e. The quantitative estimate of drug-likeness (QED) is 0.901. The molecule has 0 saturated carbocycles. The lowest BCUT2D eigenvalue weighted by atomic mass is 10.1. The van der Waals surface area contributed by atoms with Gasteiger partial charge in [-0.05, 0) is 43.7 Å². The molecule has 0 bridgehead atoms. The highest BCUT2D eigenvalue weighted by molar-refractivity contribution is 9.10. The molecular formula is C16H16BrNO. The Labute approximate surface area is 122 Å². The zero-order valence-corrected chi connectivity index (χ0v) is 12.6. The second-order valence-corrected chi connectivity index (χ2v) is 5.53. The first-order chi connectivity index (χ1) is 9.06. The number of hydrogen-bond donors (Lipinski definition) is 1. The van der Waals surface area contributed by atoms with Gasteiger partial charge < -0.3 is 5.32 Å². The monoisotopic (exact) mass is 317 g/mol. The standard InChI is InChI=1S/C16H16BrNO/c1-11-6-8-13(9-7-11)16(19)18-12(2)14-4-3-5-15(17)10-14/h3-10,12H,1-2H3,(H,18,19). The third kappa shape index (κ3) is 3.67. The average molecular weight is 318 g/mol. The predicted molar refractivity (Wildman–Crippen MR) is 81.2 cm³/mol. The molecule has 0 fully saturated rings. The Balaban J connectivity index is 2.08. The Morgan fingerprint density at radius 3 is 2.47 bits per heavy atom. The zero-order chi connectivity index (χ0) is 13.8. The van der Waals surface area contributed by atoms with Crippen LogP contribution in [0, 0.1) is 6.92 Å². The van der Waals surface area contributed by atoms with Crippen molar-refractivity contribution in [3.05, 3.63) is 69.7 Å². The molecule has 1 atom stereocenters. The van der Waals surface area contributed by atoms with Crippen LogP contribution in [0.5, 0.6) is 0 Å². The van der Waals surface area contributed by atoms with Crippen LogP contribution in [0.1, 0.15) is 34.5 Å². The fourth-order valence-electron chi connectivity index (χ4n) is 1.84. The lowest BCUT2D eigenvalue weighted by Crippen LogP contribution is -2.26. The van der Waals surface area contributed by atoms with Crippen molar-refractivity contribution >= 4 is 21.8 Å². The van der Waals surface area contributed by atoms with Gasteiger partial charge in [0.15, 0.2) is 0 Å². The lowest BCUT2D eigenvalue weighted by molar-refractivity contribution is 0.0940. The second kappa shape index (κ2) is 6.02. The van der Waals surface area contributed by atoms with E-state index in [4.69, 9.17) is 0 Å². The smallest absolute Gasteiger partial charge is 0.251 e. The Hall–Kier alpha value is -1.61. The van der Waals surface area contributed by atoms with Gasteiger partial charge in [0.05, 0.1) is 6.04 Å². The molecule has 3 heteroatoms. The van der Waals surface area contributed by atoms with Gasteiger partial charge in [-0.25, -0.2) is 0 Å². The van der Waals surface area contributed by atoms with Gasteiger partial charge in [0.2, 0.25) is 0 Å². The summed E-state index contributed by atoms with van der Waals surface area (Å²) >= 11 is 3.44. The van der Waals surface area contributed by atoms with Crippen LogP contribution in [-0.4, -0.2) is 5.91 Å². The van der Waals surface area contributed by atoms with E-state index in [0.29, 0.717) is 5.56 Å². The molecule has 0 spiro atoms. The van der Waals surface area contributed by atoms with Crippen molar-refractivity contribution in [3.63, 3.8) is 0 Å². The van der Waals surface area contributed by atoms with Gasteiger partial charge in [-0.1, -0.05) is 45.8 Å². The molecule has 0 saturated heterocycles. The Morgan fingerprint density at radius 2 is 1.84 bits per heavy atom. The van der Waals surface area contributed by atoms with Crippen molar-refractivity contribution in [2.45, 2.75) is 19.9 Å². The minimum Gasteiger partial charge on any atom is -0.346 e. The van der Waals surface area contributed by atoms with Crippen molar-refractivity contribution in [1.82, 2.24) is 5.32 Å². The average Bonchev–Trinajstić information content (AvgIpc) is 2.39. The third-order valence-corrected chi connectivity index (χ3v) is 3.50. The molecule has 1 unspecified atom stereocenters. The maximum atomic E-state index is 12.1. The van der Waals surface area contributed by atoms with Crippen LogP contribution in [0.25, 0.3) is 0 Å². The van der Waals surface area contributed by atoms with Gasteiger partial charge >= 0.3 is 0 Å². The topological polar surface area (TPSA) is 29.1 Å². The number of aryl methyl sites for hydroxylation is 1. The summed E-state index contributed by atoms with van der Waals surface area (Å²) in [5.74, 6) is -0.0486. The van der Waals surface area contributed by atoms with Crippen molar-refractivity contribution in [2.24, 2.45) is 0 Å². The minimum absolute atomic E-state index is 0.0219. The van der Waals surface area contributed by atoms with Gasteiger partial charge in [-0.3, -0.25) is 4.79 Å². The summed E-state index contributed by atoms with van der Waals surface area (Å²) in [5, 5.41) is 3.00. The first-order valence-corrected chi connectivity index (χ1v) is 6.98. The molecule has 2 nitrogen and oxygen atoms in total. The summed E-state index contributed by atoms with van der Waals surface area (Å²) in [6.07, 6.45) is 0. The molecule has 0 radical (unpaired) electrons. The van der Waals surface area contributed by atoms with Crippen molar-refractivity contribution in [1.29, 1.82) is 0 Å². The fraction of sp³-hybridized carbons (Fsp3) is 0.188. The number of hydrogen-bond acceptors (Lipinski definition) is 1. The largest absolute Gasteiger partial charge is 0.346 e. The molecule has 1 N–H and O–H groups in total. The predicted octanol–water partition coefficient (Wildman–Crippen LogP) is 4.25. The van der Waals surface area contributed by atoms with Crippen LogP contribution in [0.4, 0.5) is 0 Å². The Bertz CT molecular complexity index is 578. The molecule has 0 aromatic heterocycles. The lowest BCUT2D eigenvalue weighted by Gasteiger charge is -2.14. The summed E-state index contributed by atoms with van der Waals surface area (Å²) in [4.78, 5) is 12.1. The number of rotatable bonds is 3.